The third-order valence-corrected chi connectivity index (χ3v) is 8.44. The lowest BCUT2D eigenvalue weighted by Crippen LogP contribution is -2.52. The standard InChI is InChI=1S/C25H36N4O3/c1-24(2)17-8-9-25(3,16-17)23(24)26-22(30)20-18-6-5-7-19(31-4)21(18)29(27-20)11-10-28-12-14-32-15-13-28/h5-7,17,23H,8-16H2,1-4H3,(H,26,30)/t17-,23?,25+/m1/s1. The number of methoxy groups -OCH3 is 1. The number of aromatic nitrogens is 2. The van der Waals surface area contributed by atoms with Crippen molar-refractivity contribution in [2.24, 2.45) is 16.7 Å². The number of nitrogens with zero attached hydrogens (tertiary/aromatic N) is 3. The van der Waals surface area contributed by atoms with Crippen LogP contribution in [0.25, 0.3) is 10.9 Å². The largest absolute Gasteiger partial charge is 0.494 e. The van der Waals surface area contributed by atoms with E-state index in [4.69, 9.17) is 14.6 Å². The summed E-state index contributed by atoms with van der Waals surface area (Å²) in [5, 5.41) is 9.10. The second kappa shape index (κ2) is 8.03. The fourth-order valence-electron chi connectivity index (χ4n) is 6.62. The van der Waals surface area contributed by atoms with Gasteiger partial charge in [0.05, 0.1) is 26.9 Å². The van der Waals surface area contributed by atoms with Crippen molar-refractivity contribution >= 4 is 16.8 Å². The van der Waals surface area contributed by atoms with Gasteiger partial charge in [0.15, 0.2) is 5.69 Å². The molecule has 2 saturated carbocycles. The molecule has 2 aliphatic carbocycles. The van der Waals surface area contributed by atoms with Gasteiger partial charge in [0.2, 0.25) is 0 Å². The number of carbonyl (C=O) groups excluding carboxylic acids is 1. The third kappa shape index (κ3) is 3.50. The Morgan fingerprint density at radius 2 is 2.03 bits per heavy atom. The molecule has 1 aromatic heterocycles. The van der Waals surface area contributed by atoms with E-state index < -0.39 is 0 Å². The van der Waals surface area contributed by atoms with Gasteiger partial charge in [-0.2, -0.15) is 5.10 Å². The normalized spacial score (nSPS) is 29.5. The summed E-state index contributed by atoms with van der Waals surface area (Å²) in [6, 6.07) is 6.03. The van der Waals surface area contributed by atoms with Crippen LogP contribution in [0, 0.1) is 16.7 Å². The molecule has 3 aliphatic rings. The highest BCUT2D eigenvalue weighted by atomic mass is 16.5. The second-order valence-electron chi connectivity index (χ2n) is 10.7. The topological polar surface area (TPSA) is 68.6 Å². The molecule has 1 amide bonds. The van der Waals surface area contributed by atoms with Gasteiger partial charge < -0.3 is 14.8 Å². The summed E-state index contributed by atoms with van der Waals surface area (Å²) >= 11 is 0. The lowest BCUT2D eigenvalue weighted by molar-refractivity contribution is 0.0361. The maximum absolute atomic E-state index is 13.6. The maximum Gasteiger partial charge on any atom is 0.272 e. The number of rotatable bonds is 6. The molecule has 1 unspecified atom stereocenters. The molecule has 1 aromatic carbocycles. The Balaban J connectivity index is 1.44. The van der Waals surface area contributed by atoms with Crippen molar-refractivity contribution in [2.45, 2.75) is 52.6 Å². The summed E-state index contributed by atoms with van der Waals surface area (Å²) in [7, 11) is 1.67. The Morgan fingerprint density at radius 1 is 1.25 bits per heavy atom. The van der Waals surface area contributed by atoms with Crippen LogP contribution in [0.15, 0.2) is 18.2 Å². The van der Waals surface area contributed by atoms with E-state index in [9.17, 15) is 4.79 Å². The molecule has 0 radical (unpaired) electrons. The molecular formula is C25H36N4O3. The van der Waals surface area contributed by atoms with E-state index in [0.29, 0.717) is 18.2 Å². The zero-order valence-corrected chi connectivity index (χ0v) is 19.8. The van der Waals surface area contributed by atoms with Crippen molar-refractivity contribution in [3.63, 3.8) is 0 Å². The van der Waals surface area contributed by atoms with Crippen LogP contribution in [0.3, 0.4) is 0 Å². The predicted octanol–water partition coefficient (Wildman–Crippen LogP) is 3.32. The molecule has 3 atom stereocenters. The van der Waals surface area contributed by atoms with Crippen LogP contribution in [-0.4, -0.2) is 66.6 Å². The van der Waals surface area contributed by atoms with E-state index in [0.717, 1.165) is 49.5 Å². The Hall–Kier alpha value is -2.12. The van der Waals surface area contributed by atoms with Gasteiger partial charge >= 0.3 is 0 Å². The van der Waals surface area contributed by atoms with E-state index in [-0.39, 0.29) is 22.8 Å². The summed E-state index contributed by atoms with van der Waals surface area (Å²) in [5.41, 5.74) is 1.68. The van der Waals surface area contributed by atoms with Gasteiger partial charge in [-0.15, -0.1) is 0 Å². The monoisotopic (exact) mass is 440 g/mol. The molecule has 1 saturated heterocycles. The number of nitrogens with one attached hydrogen (secondary N) is 1. The van der Waals surface area contributed by atoms with Gasteiger partial charge in [0, 0.05) is 31.1 Å². The molecular weight excluding hydrogens is 404 g/mol. The number of morpholine rings is 1. The van der Waals surface area contributed by atoms with Crippen LogP contribution in [0.4, 0.5) is 0 Å². The molecule has 174 valence electrons. The minimum Gasteiger partial charge on any atom is -0.494 e. The first-order chi connectivity index (χ1) is 15.3. The molecule has 5 rings (SSSR count). The Morgan fingerprint density at radius 3 is 2.72 bits per heavy atom. The van der Waals surface area contributed by atoms with Crippen LogP contribution < -0.4 is 10.1 Å². The fourth-order valence-corrected chi connectivity index (χ4v) is 6.62. The van der Waals surface area contributed by atoms with Crippen molar-refractivity contribution in [3.05, 3.63) is 23.9 Å². The quantitative estimate of drug-likeness (QED) is 0.746. The average molecular weight is 441 g/mol. The Labute approximate surface area is 190 Å². The Kier molecular flexibility index (Phi) is 5.45. The number of carbonyl (C=O) groups is 1. The minimum atomic E-state index is -0.0692. The van der Waals surface area contributed by atoms with Gasteiger partial charge in [-0.3, -0.25) is 14.4 Å². The van der Waals surface area contributed by atoms with Gasteiger partial charge in [0.25, 0.3) is 5.91 Å². The minimum absolute atomic E-state index is 0.0692. The molecule has 1 N–H and O–H groups in total. The van der Waals surface area contributed by atoms with Crippen LogP contribution in [0.2, 0.25) is 0 Å². The molecule has 2 heterocycles. The zero-order valence-electron chi connectivity index (χ0n) is 19.8. The molecule has 7 heteroatoms. The van der Waals surface area contributed by atoms with Crippen LogP contribution in [0.5, 0.6) is 5.75 Å². The van der Waals surface area contributed by atoms with Crippen LogP contribution in [0.1, 0.15) is 50.5 Å². The summed E-state index contributed by atoms with van der Waals surface area (Å²) in [5.74, 6) is 1.36. The summed E-state index contributed by atoms with van der Waals surface area (Å²) in [6.07, 6.45) is 3.66. The number of hydrogen-bond acceptors (Lipinski definition) is 5. The molecule has 3 fully saturated rings. The average Bonchev–Trinajstić information content (AvgIpc) is 3.42. The van der Waals surface area contributed by atoms with Crippen molar-refractivity contribution in [3.8, 4) is 5.75 Å². The molecule has 2 aromatic rings. The first kappa shape index (κ1) is 21.7. The van der Waals surface area contributed by atoms with Crippen molar-refractivity contribution in [1.29, 1.82) is 0 Å². The van der Waals surface area contributed by atoms with Gasteiger partial charge in [-0.25, -0.2) is 0 Å². The highest BCUT2D eigenvalue weighted by Gasteiger charge is 2.59. The van der Waals surface area contributed by atoms with Crippen molar-refractivity contribution in [1.82, 2.24) is 20.0 Å². The van der Waals surface area contributed by atoms with Gasteiger partial charge in [0.1, 0.15) is 11.3 Å². The smallest absolute Gasteiger partial charge is 0.272 e. The number of ether oxygens (including phenoxy) is 2. The number of hydrogen-bond donors (Lipinski definition) is 1. The zero-order chi connectivity index (χ0) is 22.5. The van der Waals surface area contributed by atoms with E-state index in [1.54, 1.807) is 7.11 Å². The first-order valence-corrected chi connectivity index (χ1v) is 12.0. The molecule has 1 aliphatic heterocycles. The first-order valence-electron chi connectivity index (χ1n) is 12.0. The van der Waals surface area contributed by atoms with E-state index in [1.807, 2.05) is 22.9 Å². The number of fused-ring (bicyclic) bond motifs is 3. The summed E-state index contributed by atoms with van der Waals surface area (Å²) in [4.78, 5) is 16.0. The lowest BCUT2D eigenvalue weighted by Gasteiger charge is -2.43. The highest BCUT2D eigenvalue weighted by molar-refractivity contribution is 6.06. The van der Waals surface area contributed by atoms with Gasteiger partial charge in [-0.05, 0) is 42.1 Å². The van der Waals surface area contributed by atoms with E-state index in [1.165, 1.54) is 19.3 Å². The van der Waals surface area contributed by atoms with Crippen LogP contribution in [-0.2, 0) is 11.3 Å². The van der Waals surface area contributed by atoms with E-state index in [2.05, 4.69) is 31.0 Å². The second-order valence-corrected chi connectivity index (χ2v) is 10.7. The van der Waals surface area contributed by atoms with Crippen molar-refractivity contribution < 1.29 is 14.3 Å². The highest BCUT2D eigenvalue weighted by Crippen LogP contribution is 2.62. The molecule has 0 spiro atoms. The number of benzene rings is 1. The SMILES string of the molecule is COc1cccc2c(C(=O)NC3C(C)(C)[C@@H]4CC[C@@]3(C)C4)nn(CCN3CCOCC3)c12. The Bertz CT molecular complexity index is 1010. The van der Waals surface area contributed by atoms with E-state index >= 15 is 0 Å². The van der Waals surface area contributed by atoms with Gasteiger partial charge in [-0.1, -0.05) is 32.9 Å². The molecule has 32 heavy (non-hydrogen) atoms. The van der Waals surface area contributed by atoms with Crippen LogP contribution >= 0.6 is 0 Å². The lowest BCUT2D eigenvalue weighted by atomic mass is 9.68. The third-order valence-electron chi connectivity index (χ3n) is 8.44. The van der Waals surface area contributed by atoms with Crippen molar-refractivity contribution in [2.75, 3.05) is 40.0 Å². The fraction of sp³-hybridized carbons (Fsp3) is 0.680. The predicted molar refractivity (Wildman–Crippen MR) is 124 cm³/mol. The number of para-hydroxylation sites is 1. The summed E-state index contributed by atoms with van der Waals surface area (Å²) in [6.45, 7) is 12.0. The molecule has 7 nitrogen and oxygen atoms in total. The summed E-state index contributed by atoms with van der Waals surface area (Å²) < 4.78 is 13.1. The number of amides is 1. The maximum atomic E-state index is 13.6. The molecule has 2 bridgehead atoms.